The number of carbonyl (C=O) groups excluding carboxylic acids is 1. The van der Waals surface area contributed by atoms with Gasteiger partial charge in [0.1, 0.15) is 6.29 Å². The summed E-state index contributed by atoms with van der Waals surface area (Å²) in [4.78, 5) is 9.86. The van der Waals surface area contributed by atoms with Crippen LogP contribution >= 0.6 is 0 Å². The Hall–Kier alpha value is 0.436. The van der Waals surface area contributed by atoms with Crippen LogP contribution in [0.3, 0.4) is 0 Å². The molecule has 9 heavy (non-hydrogen) atoms. The maximum Gasteiger partial charge on any atom is 0.364 e. The van der Waals surface area contributed by atoms with Gasteiger partial charge in [0.25, 0.3) is 0 Å². The van der Waals surface area contributed by atoms with E-state index < -0.39 is 0 Å². The minimum atomic E-state index is 0.158. The molecule has 1 nitrogen and oxygen atoms in total. The number of rotatable bonds is 6. The molecule has 0 aromatic heterocycles. The fourth-order valence-corrected chi connectivity index (χ4v) is 2.49. The molecule has 0 amide bonds. The van der Waals surface area contributed by atoms with Crippen molar-refractivity contribution in [2.75, 3.05) is 0 Å². The van der Waals surface area contributed by atoms with Gasteiger partial charge >= 0.3 is 20.4 Å². The van der Waals surface area contributed by atoms with Gasteiger partial charge in [0.15, 0.2) is 0 Å². The average molecular weight is 138 g/mol. The SMILES string of the molecule is CCC[CH2][Mg][CH2]CC=O. The number of hydrogen-bond acceptors (Lipinski definition) is 1. The third-order valence-electron chi connectivity index (χ3n) is 1.43. The molecule has 50 valence electrons. The zero-order valence-corrected chi connectivity index (χ0v) is 7.64. The lowest BCUT2D eigenvalue weighted by Crippen LogP contribution is -1.88. The zero-order valence-electron chi connectivity index (χ0n) is 6.23. The molecule has 0 aliphatic heterocycles. The van der Waals surface area contributed by atoms with Gasteiger partial charge in [0.05, 0.1) is 0 Å². The highest BCUT2D eigenvalue weighted by Crippen LogP contribution is 1.96. The van der Waals surface area contributed by atoms with Crippen LogP contribution in [-0.4, -0.2) is 26.7 Å². The Kier molecular flexibility index (Phi) is 8.85. The minimum absolute atomic E-state index is 0.158. The van der Waals surface area contributed by atoms with Crippen molar-refractivity contribution in [1.82, 2.24) is 0 Å². The molecule has 0 rings (SSSR count). The van der Waals surface area contributed by atoms with Crippen molar-refractivity contribution in [3.05, 3.63) is 0 Å². The number of aldehydes is 1. The predicted molar refractivity (Wildman–Crippen MR) is 41.0 cm³/mol. The van der Waals surface area contributed by atoms with Crippen LogP contribution in [0.25, 0.3) is 0 Å². The average Bonchev–Trinajstić information content (AvgIpc) is 1.89. The van der Waals surface area contributed by atoms with Gasteiger partial charge in [0, 0.05) is 0 Å². The van der Waals surface area contributed by atoms with Gasteiger partial charge in [0.2, 0.25) is 0 Å². The summed E-state index contributed by atoms with van der Waals surface area (Å²) in [6, 6.07) is 0. The molecule has 2 heteroatoms. The van der Waals surface area contributed by atoms with Crippen molar-refractivity contribution < 1.29 is 4.79 Å². The van der Waals surface area contributed by atoms with Crippen molar-refractivity contribution in [1.29, 1.82) is 0 Å². The fourth-order valence-electron chi connectivity index (χ4n) is 0.831. The highest BCUT2D eigenvalue weighted by Gasteiger charge is 1.92. The summed E-state index contributed by atoms with van der Waals surface area (Å²) < 4.78 is 2.66. The number of unbranched alkanes of at least 4 members (excludes halogenated alkanes) is 1. The van der Waals surface area contributed by atoms with Gasteiger partial charge < -0.3 is 4.79 Å². The summed E-state index contributed by atoms with van der Waals surface area (Å²) in [6.07, 6.45) is 4.55. The predicted octanol–water partition coefficient (Wildman–Crippen LogP) is 1.92. The van der Waals surface area contributed by atoms with Crippen LogP contribution < -0.4 is 0 Å². The van der Waals surface area contributed by atoms with Gasteiger partial charge in [-0.15, -0.1) is 9.10 Å². The molecular weight excluding hydrogens is 124 g/mol. The lowest BCUT2D eigenvalue weighted by Gasteiger charge is -1.90. The number of carbonyl (C=O) groups is 1. The number of hydrogen-bond donors (Lipinski definition) is 0. The monoisotopic (exact) mass is 138 g/mol. The first kappa shape index (κ1) is 9.44. The fraction of sp³-hybridized carbons (Fsp3) is 0.857. The minimum Gasteiger partial charge on any atom is -0.303 e. The van der Waals surface area contributed by atoms with E-state index in [2.05, 4.69) is 6.92 Å². The van der Waals surface area contributed by atoms with Crippen molar-refractivity contribution in [2.24, 2.45) is 0 Å². The third-order valence-corrected chi connectivity index (χ3v) is 3.33. The summed E-state index contributed by atoms with van der Waals surface area (Å²) in [6.45, 7) is 2.22. The summed E-state index contributed by atoms with van der Waals surface area (Å²) in [7, 11) is 0. The molecule has 0 N–H and O–H groups in total. The van der Waals surface area contributed by atoms with E-state index in [0.717, 1.165) is 12.7 Å². The van der Waals surface area contributed by atoms with Gasteiger partial charge in [-0.05, 0) is 6.42 Å². The highest BCUT2D eigenvalue weighted by atomic mass is 24.5. The van der Waals surface area contributed by atoms with Gasteiger partial charge in [-0.2, -0.15) is 0 Å². The Morgan fingerprint density at radius 2 is 2.22 bits per heavy atom. The Morgan fingerprint density at radius 3 is 2.78 bits per heavy atom. The maximum atomic E-state index is 9.86. The summed E-state index contributed by atoms with van der Waals surface area (Å²) in [5.74, 6) is 0. The molecule has 0 unspecified atom stereocenters. The second-order valence-corrected chi connectivity index (χ2v) is 4.49. The van der Waals surface area contributed by atoms with E-state index in [1.54, 1.807) is 0 Å². The molecular formula is C7H14MgO. The molecule has 0 aliphatic rings. The second-order valence-electron chi connectivity index (χ2n) is 2.37. The third kappa shape index (κ3) is 8.44. The van der Waals surface area contributed by atoms with E-state index in [-0.39, 0.29) is 20.4 Å². The molecule has 0 radical (unpaired) electrons. The molecule has 0 saturated heterocycles. The van der Waals surface area contributed by atoms with E-state index in [1.807, 2.05) is 0 Å². The Labute approximate surface area is 66.9 Å². The van der Waals surface area contributed by atoms with E-state index in [1.165, 1.54) is 21.9 Å². The van der Waals surface area contributed by atoms with Crippen molar-refractivity contribution >= 4 is 26.7 Å². The van der Waals surface area contributed by atoms with Crippen LogP contribution in [0.2, 0.25) is 9.10 Å². The summed E-state index contributed by atoms with van der Waals surface area (Å²) in [5.41, 5.74) is 0. The lowest BCUT2D eigenvalue weighted by atomic mass is 10.4. The van der Waals surface area contributed by atoms with Crippen LogP contribution in [0.15, 0.2) is 0 Å². The van der Waals surface area contributed by atoms with Gasteiger partial charge in [-0.25, -0.2) is 0 Å². The molecule has 0 fully saturated rings. The molecule has 0 aromatic carbocycles. The normalized spacial score (nSPS) is 8.56. The highest BCUT2D eigenvalue weighted by molar-refractivity contribution is 6.35. The summed E-state index contributed by atoms with van der Waals surface area (Å²) >= 11 is 0.158. The van der Waals surface area contributed by atoms with E-state index in [4.69, 9.17) is 0 Å². The van der Waals surface area contributed by atoms with Crippen molar-refractivity contribution in [2.45, 2.75) is 35.3 Å². The van der Waals surface area contributed by atoms with Crippen LogP contribution in [0.5, 0.6) is 0 Å². The molecule has 0 saturated carbocycles. The van der Waals surface area contributed by atoms with E-state index in [0.29, 0.717) is 0 Å². The lowest BCUT2D eigenvalue weighted by molar-refractivity contribution is -0.107. The first-order chi connectivity index (χ1) is 4.41. The van der Waals surface area contributed by atoms with Gasteiger partial charge in [-0.1, -0.05) is 19.8 Å². The quantitative estimate of drug-likeness (QED) is 0.311. The molecule has 0 heterocycles. The molecule has 0 spiro atoms. The molecule has 0 atom stereocenters. The molecule has 0 aliphatic carbocycles. The first-order valence-corrected chi connectivity index (χ1v) is 5.85. The van der Waals surface area contributed by atoms with Crippen LogP contribution in [0.1, 0.15) is 26.2 Å². The van der Waals surface area contributed by atoms with Crippen LogP contribution in [0, 0.1) is 0 Å². The first-order valence-electron chi connectivity index (χ1n) is 3.85. The van der Waals surface area contributed by atoms with E-state index in [9.17, 15) is 4.79 Å². The van der Waals surface area contributed by atoms with Crippen molar-refractivity contribution in [3.8, 4) is 0 Å². The topological polar surface area (TPSA) is 17.1 Å². The largest absolute Gasteiger partial charge is 0.364 e. The van der Waals surface area contributed by atoms with Crippen LogP contribution in [0.4, 0.5) is 0 Å². The molecule has 0 aromatic rings. The maximum absolute atomic E-state index is 9.86. The smallest absolute Gasteiger partial charge is 0.303 e. The van der Waals surface area contributed by atoms with E-state index >= 15 is 0 Å². The Bertz CT molecular complexity index is 63.9. The molecule has 0 bridgehead atoms. The zero-order chi connectivity index (χ0) is 6.95. The van der Waals surface area contributed by atoms with Crippen molar-refractivity contribution in [3.63, 3.8) is 0 Å². The standard InChI is InChI=1S/C4H9.C3H5O.Mg/c1-3-4-2;1-2-3-4;/h1,3-4H2,2H3;3H,1-2H2;. The Morgan fingerprint density at radius 1 is 1.44 bits per heavy atom. The van der Waals surface area contributed by atoms with Crippen LogP contribution in [-0.2, 0) is 4.79 Å². The summed E-state index contributed by atoms with van der Waals surface area (Å²) in [5, 5.41) is 0. The van der Waals surface area contributed by atoms with Gasteiger partial charge in [-0.3, -0.25) is 0 Å². The second kappa shape index (κ2) is 8.44. The Balaban J connectivity index is 2.66.